The molecule has 3 amide bonds. The average molecular weight is 381 g/mol. The number of aryl methyl sites for hydroxylation is 1. The molecule has 0 aliphatic carbocycles. The Hall–Kier alpha value is -3.35. The fourth-order valence-corrected chi connectivity index (χ4v) is 3.08. The summed E-state index contributed by atoms with van der Waals surface area (Å²) in [7, 11) is 1.50. The Bertz CT molecular complexity index is 893. The van der Waals surface area contributed by atoms with Gasteiger partial charge in [0.05, 0.1) is 12.8 Å². The van der Waals surface area contributed by atoms with Crippen molar-refractivity contribution in [2.24, 2.45) is 0 Å². The molecule has 0 unspecified atom stereocenters. The number of carbonyl (C=O) groups excluding carboxylic acids is 3. The molecule has 1 saturated heterocycles. The van der Waals surface area contributed by atoms with Crippen LogP contribution in [0.1, 0.15) is 25.3 Å². The monoisotopic (exact) mass is 381 g/mol. The number of nitrogens with zero attached hydrogens (tertiary/aromatic N) is 1. The topological polar surface area (TPSA) is 87.7 Å². The van der Waals surface area contributed by atoms with Gasteiger partial charge >= 0.3 is 11.8 Å². The van der Waals surface area contributed by atoms with Crippen LogP contribution in [0.4, 0.5) is 17.1 Å². The van der Waals surface area contributed by atoms with Gasteiger partial charge in [-0.25, -0.2) is 0 Å². The van der Waals surface area contributed by atoms with Crippen LogP contribution in [-0.4, -0.2) is 31.4 Å². The van der Waals surface area contributed by atoms with E-state index in [0.29, 0.717) is 35.8 Å². The molecule has 0 bridgehead atoms. The van der Waals surface area contributed by atoms with Crippen molar-refractivity contribution in [3.05, 3.63) is 48.0 Å². The van der Waals surface area contributed by atoms with Gasteiger partial charge < -0.3 is 20.3 Å². The number of ether oxygens (including phenoxy) is 1. The second-order valence-corrected chi connectivity index (χ2v) is 6.49. The van der Waals surface area contributed by atoms with E-state index >= 15 is 0 Å². The van der Waals surface area contributed by atoms with Crippen LogP contribution < -0.4 is 20.3 Å². The van der Waals surface area contributed by atoms with Crippen LogP contribution in [0, 0.1) is 0 Å². The van der Waals surface area contributed by atoms with Crippen LogP contribution in [0.3, 0.4) is 0 Å². The van der Waals surface area contributed by atoms with Crippen molar-refractivity contribution in [1.29, 1.82) is 0 Å². The van der Waals surface area contributed by atoms with Gasteiger partial charge in [-0.2, -0.15) is 0 Å². The molecule has 0 spiro atoms. The lowest BCUT2D eigenvalue weighted by Crippen LogP contribution is -2.29. The zero-order valence-corrected chi connectivity index (χ0v) is 16.0. The van der Waals surface area contributed by atoms with Gasteiger partial charge in [0.25, 0.3) is 0 Å². The number of carbonyl (C=O) groups is 3. The summed E-state index contributed by atoms with van der Waals surface area (Å²) in [5, 5.41) is 5.12. The van der Waals surface area contributed by atoms with Gasteiger partial charge in [-0.3, -0.25) is 14.4 Å². The quantitative estimate of drug-likeness (QED) is 0.780. The molecule has 0 saturated carbocycles. The largest absolute Gasteiger partial charge is 0.494 e. The minimum Gasteiger partial charge on any atom is -0.494 e. The molecule has 7 nitrogen and oxygen atoms in total. The Labute approximate surface area is 163 Å². The number of methoxy groups -OCH3 is 1. The lowest BCUT2D eigenvalue weighted by atomic mass is 10.1. The highest BCUT2D eigenvalue weighted by Gasteiger charge is 2.25. The Kier molecular flexibility index (Phi) is 5.93. The van der Waals surface area contributed by atoms with Crippen molar-refractivity contribution < 1.29 is 19.1 Å². The molecule has 3 rings (SSSR count). The standard InChI is InChI=1S/C21H23N3O4/c1-3-14-6-8-15(9-7-14)22-20(26)21(27)23-16-10-11-17(18(13-16)28-2)24-12-4-5-19(24)25/h6-11,13H,3-5,12H2,1-2H3,(H,22,26)(H,23,27). The zero-order chi connectivity index (χ0) is 20.1. The third-order valence-corrected chi connectivity index (χ3v) is 4.63. The molecule has 2 aromatic rings. The predicted octanol–water partition coefficient (Wildman–Crippen LogP) is 2.96. The lowest BCUT2D eigenvalue weighted by Gasteiger charge is -2.19. The molecule has 1 fully saturated rings. The van der Waals surface area contributed by atoms with Crippen molar-refractivity contribution in [3.8, 4) is 5.75 Å². The third-order valence-electron chi connectivity index (χ3n) is 4.63. The normalized spacial score (nSPS) is 13.4. The van der Waals surface area contributed by atoms with E-state index in [2.05, 4.69) is 10.6 Å². The summed E-state index contributed by atoms with van der Waals surface area (Å²) in [6.07, 6.45) is 2.22. The molecule has 2 aromatic carbocycles. The number of hydrogen-bond acceptors (Lipinski definition) is 4. The highest BCUT2D eigenvalue weighted by Crippen LogP contribution is 2.33. The van der Waals surface area contributed by atoms with E-state index < -0.39 is 11.8 Å². The first-order valence-corrected chi connectivity index (χ1v) is 9.21. The van der Waals surface area contributed by atoms with Crippen LogP contribution in [0.5, 0.6) is 5.75 Å². The summed E-state index contributed by atoms with van der Waals surface area (Å²) in [4.78, 5) is 38.0. The molecule has 0 radical (unpaired) electrons. The van der Waals surface area contributed by atoms with E-state index in [1.54, 1.807) is 35.2 Å². The summed E-state index contributed by atoms with van der Waals surface area (Å²) in [6.45, 7) is 2.68. The molecule has 2 N–H and O–H groups in total. The SMILES string of the molecule is CCc1ccc(NC(=O)C(=O)Nc2ccc(N3CCCC3=O)c(OC)c2)cc1. The van der Waals surface area contributed by atoms with E-state index in [9.17, 15) is 14.4 Å². The van der Waals surface area contributed by atoms with Gasteiger partial charge in [-0.05, 0) is 42.7 Å². The van der Waals surface area contributed by atoms with Gasteiger partial charge in [-0.1, -0.05) is 19.1 Å². The predicted molar refractivity (Wildman–Crippen MR) is 108 cm³/mol. The van der Waals surface area contributed by atoms with Gasteiger partial charge in [0.15, 0.2) is 0 Å². The fraction of sp³-hybridized carbons (Fsp3) is 0.286. The first-order chi connectivity index (χ1) is 13.5. The van der Waals surface area contributed by atoms with E-state index in [0.717, 1.165) is 18.4 Å². The smallest absolute Gasteiger partial charge is 0.314 e. The van der Waals surface area contributed by atoms with Crippen LogP contribution in [0.25, 0.3) is 0 Å². The molecule has 7 heteroatoms. The summed E-state index contributed by atoms with van der Waals surface area (Å²) in [5.41, 5.74) is 2.76. The molecule has 1 heterocycles. The van der Waals surface area contributed by atoms with Crippen LogP contribution in [0.2, 0.25) is 0 Å². The summed E-state index contributed by atoms with van der Waals surface area (Å²) >= 11 is 0. The number of rotatable bonds is 5. The summed E-state index contributed by atoms with van der Waals surface area (Å²) in [5.74, 6) is -1.04. The van der Waals surface area contributed by atoms with Crippen LogP contribution in [0.15, 0.2) is 42.5 Å². The van der Waals surface area contributed by atoms with Gasteiger partial charge in [-0.15, -0.1) is 0 Å². The van der Waals surface area contributed by atoms with Gasteiger partial charge in [0, 0.05) is 30.4 Å². The number of amides is 3. The number of anilines is 3. The minimum absolute atomic E-state index is 0.0450. The van der Waals surface area contributed by atoms with Crippen LogP contribution in [-0.2, 0) is 20.8 Å². The molecular weight excluding hydrogens is 358 g/mol. The number of nitrogens with one attached hydrogen (secondary N) is 2. The third kappa shape index (κ3) is 4.31. The minimum atomic E-state index is -0.786. The zero-order valence-electron chi connectivity index (χ0n) is 16.0. The van der Waals surface area contributed by atoms with E-state index in [-0.39, 0.29) is 5.91 Å². The van der Waals surface area contributed by atoms with E-state index in [4.69, 9.17) is 4.74 Å². The van der Waals surface area contributed by atoms with Crippen molar-refractivity contribution in [2.75, 3.05) is 29.2 Å². The molecule has 0 atom stereocenters. The molecular formula is C21H23N3O4. The number of benzene rings is 2. The first-order valence-electron chi connectivity index (χ1n) is 9.21. The van der Waals surface area contributed by atoms with Crippen molar-refractivity contribution in [1.82, 2.24) is 0 Å². The second-order valence-electron chi connectivity index (χ2n) is 6.49. The molecule has 146 valence electrons. The second kappa shape index (κ2) is 8.56. The molecule has 28 heavy (non-hydrogen) atoms. The van der Waals surface area contributed by atoms with Gasteiger partial charge in [0.1, 0.15) is 5.75 Å². The van der Waals surface area contributed by atoms with E-state index in [1.165, 1.54) is 7.11 Å². The van der Waals surface area contributed by atoms with Crippen LogP contribution >= 0.6 is 0 Å². The first kappa shape index (κ1) is 19.4. The molecule has 1 aliphatic rings. The Morgan fingerprint density at radius 1 is 1.04 bits per heavy atom. The maximum absolute atomic E-state index is 12.2. The average Bonchev–Trinajstić information content (AvgIpc) is 3.14. The lowest BCUT2D eigenvalue weighted by molar-refractivity contribution is -0.132. The van der Waals surface area contributed by atoms with Crippen molar-refractivity contribution in [2.45, 2.75) is 26.2 Å². The summed E-state index contributed by atoms with van der Waals surface area (Å²) < 4.78 is 5.36. The Morgan fingerprint density at radius 3 is 2.25 bits per heavy atom. The Balaban J connectivity index is 1.67. The molecule has 1 aliphatic heterocycles. The Morgan fingerprint density at radius 2 is 1.68 bits per heavy atom. The van der Waals surface area contributed by atoms with Gasteiger partial charge in [0.2, 0.25) is 5.91 Å². The summed E-state index contributed by atoms with van der Waals surface area (Å²) in [6, 6.07) is 12.3. The van der Waals surface area contributed by atoms with Crippen molar-refractivity contribution >= 4 is 34.8 Å². The maximum atomic E-state index is 12.2. The maximum Gasteiger partial charge on any atom is 0.314 e. The van der Waals surface area contributed by atoms with Crippen molar-refractivity contribution in [3.63, 3.8) is 0 Å². The fourth-order valence-electron chi connectivity index (χ4n) is 3.08. The van der Waals surface area contributed by atoms with E-state index in [1.807, 2.05) is 19.1 Å². The number of hydrogen-bond donors (Lipinski definition) is 2. The molecule has 0 aromatic heterocycles. The highest BCUT2D eigenvalue weighted by atomic mass is 16.5. The highest BCUT2D eigenvalue weighted by molar-refractivity contribution is 6.43.